The van der Waals surface area contributed by atoms with Gasteiger partial charge in [-0.3, -0.25) is 9.59 Å². The van der Waals surface area contributed by atoms with Crippen molar-refractivity contribution < 1.29 is 14.3 Å². The monoisotopic (exact) mass is 558 g/mol. The van der Waals surface area contributed by atoms with E-state index in [2.05, 4.69) is 30.2 Å². The first-order valence-corrected chi connectivity index (χ1v) is 14.2. The fourth-order valence-electron chi connectivity index (χ4n) is 7.63. The summed E-state index contributed by atoms with van der Waals surface area (Å²) in [6.07, 6.45) is 2.49. The number of benzene rings is 3. The van der Waals surface area contributed by atoms with Gasteiger partial charge in [-0.15, -0.1) is 5.10 Å². The van der Waals surface area contributed by atoms with Gasteiger partial charge in [0.2, 0.25) is 0 Å². The largest absolute Gasteiger partial charge is 0.497 e. The van der Waals surface area contributed by atoms with Gasteiger partial charge < -0.3 is 4.74 Å². The quantitative estimate of drug-likeness (QED) is 0.324. The van der Waals surface area contributed by atoms with Crippen LogP contribution in [0.3, 0.4) is 0 Å². The van der Waals surface area contributed by atoms with Crippen LogP contribution in [0.25, 0.3) is 16.9 Å². The molecule has 0 unspecified atom stereocenters. The predicted molar refractivity (Wildman–Crippen MR) is 156 cm³/mol. The molecule has 1 saturated heterocycles. The van der Waals surface area contributed by atoms with E-state index in [-0.39, 0.29) is 29.0 Å². The van der Waals surface area contributed by atoms with Gasteiger partial charge in [-0.1, -0.05) is 49.4 Å². The Morgan fingerprint density at radius 1 is 1.00 bits per heavy atom. The Kier molecular flexibility index (Phi) is 5.74. The first kappa shape index (κ1) is 26.0. The highest BCUT2D eigenvalue weighted by atomic mass is 16.5. The Labute approximate surface area is 243 Å². The van der Waals surface area contributed by atoms with Crippen molar-refractivity contribution in [1.29, 1.82) is 5.26 Å². The van der Waals surface area contributed by atoms with Crippen LogP contribution in [-0.4, -0.2) is 45.0 Å². The SMILES string of the molecule is COc1ccc(-n2nnc(C(=O)N3[C@@H]4C[C@H]5CC[C@]4(C(=O)N3c3ccccc3)C5(C)C)c2-c2ccc(C#N)cc2)cc1. The molecule has 210 valence electrons. The minimum atomic E-state index is -0.663. The summed E-state index contributed by atoms with van der Waals surface area (Å²) >= 11 is 0. The minimum absolute atomic E-state index is 0.0282. The van der Waals surface area contributed by atoms with Crippen molar-refractivity contribution in [3.8, 4) is 28.8 Å². The van der Waals surface area contributed by atoms with Crippen molar-refractivity contribution in [2.24, 2.45) is 16.7 Å². The minimum Gasteiger partial charge on any atom is -0.497 e. The molecule has 3 atom stereocenters. The van der Waals surface area contributed by atoms with Gasteiger partial charge in [-0.2, -0.15) is 5.26 Å². The molecule has 42 heavy (non-hydrogen) atoms. The van der Waals surface area contributed by atoms with Crippen LogP contribution in [0.5, 0.6) is 5.75 Å². The second-order valence-corrected chi connectivity index (χ2v) is 11.9. The lowest BCUT2D eigenvalue weighted by Crippen LogP contribution is -2.47. The number of carbonyl (C=O) groups excluding carboxylic acids is 2. The van der Waals surface area contributed by atoms with Gasteiger partial charge in [0.1, 0.15) is 11.4 Å². The topological polar surface area (TPSA) is 104 Å². The van der Waals surface area contributed by atoms with Crippen LogP contribution in [0, 0.1) is 28.1 Å². The smallest absolute Gasteiger partial charge is 0.295 e. The molecule has 7 rings (SSSR count). The van der Waals surface area contributed by atoms with Gasteiger partial charge >= 0.3 is 0 Å². The Hall–Kier alpha value is -4.97. The van der Waals surface area contributed by atoms with E-state index in [9.17, 15) is 14.9 Å². The van der Waals surface area contributed by atoms with E-state index in [0.717, 1.165) is 19.3 Å². The number of anilines is 1. The third-order valence-corrected chi connectivity index (χ3v) is 9.90. The van der Waals surface area contributed by atoms with E-state index in [1.54, 1.807) is 46.1 Å². The molecule has 0 N–H and O–H groups in total. The zero-order valence-electron chi connectivity index (χ0n) is 23.7. The van der Waals surface area contributed by atoms with Crippen LogP contribution >= 0.6 is 0 Å². The fraction of sp³-hybridized carbons (Fsp3) is 0.303. The Morgan fingerprint density at radius 3 is 2.36 bits per heavy atom. The average Bonchev–Trinajstić information content (AvgIpc) is 3.72. The van der Waals surface area contributed by atoms with Crippen LogP contribution in [0.4, 0.5) is 5.69 Å². The van der Waals surface area contributed by atoms with Crippen molar-refractivity contribution in [2.45, 2.75) is 39.2 Å². The third kappa shape index (κ3) is 3.41. The molecule has 1 aromatic heterocycles. The van der Waals surface area contributed by atoms with E-state index in [0.29, 0.717) is 39.9 Å². The number of hydrogen-bond donors (Lipinski definition) is 0. The molecule has 2 saturated carbocycles. The zero-order valence-corrected chi connectivity index (χ0v) is 23.7. The summed E-state index contributed by atoms with van der Waals surface area (Å²) in [4.78, 5) is 29.3. The van der Waals surface area contributed by atoms with Crippen molar-refractivity contribution in [1.82, 2.24) is 20.0 Å². The van der Waals surface area contributed by atoms with Gasteiger partial charge in [0.15, 0.2) is 5.69 Å². The standard InChI is InChI=1S/C33H30N6O3/c1-32(2)23-17-18-33(32)27(19-23)39(38(31(33)41)25-7-5-4-6-8-25)30(40)28-29(22-11-9-21(20-34)10-12-22)37(36-35-28)24-13-15-26(42-3)16-14-24/h4-16,23,27H,17-19H2,1-3H3/t23-,27-,33+/m1/s1. The molecule has 1 spiro atoms. The van der Waals surface area contributed by atoms with Crippen LogP contribution in [0.1, 0.15) is 49.2 Å². The first-order valence-electron chi connectivity index (χ1n) is 14.2. The normalized spacial score (nSPS) is 23.6. The van der Waals surface area contributed by atoms with Crippen LogP contribution in [-0.2, 0) is 4.79 Å². The summed E-state index contributed by atoms with van der Waals surface area (Å²) in [7, 11) is 1.60. The maximum atomic E-state index is 14.8. The summed E-state index contributed by atoms with van der Waals surface area (Å²) in [5.74, 6) is 0.636. The van der Waals surface area contributed by atoms with E-state index >= 15 is 0 Å². The summed E-state index contributed by atoms with van der Waals surface area (Å²) in [6.45, 7) is 4.36. The zero-order chi connectivity index (χ0) is 29.2. The molecule has 9 nitrogen and oxygen atoms in total. The van der Waals surface area contributed by atoms with Gasteiger partial charge in [0, 0.05) is 5.56 Å². The number of methoxy groups -OCH3 is 1. The molecule has 1 aliphatic heterocycles. The molecule has 3 aromatic carbocycles. The first-order chi connectivity index (χ1) is 20.3. The van der Waals surface area contributed by atoms with Crippen molar-refractivity contribution >= 4 is 17.5 Å². The van der Waals surface area contributed by atoms with Crippen LogP contribution < -0.4 is 9.75 Å². The van der Waals surface area contributed by atoms with E-state index in [4.69, 9.17) is 4.74 Å². The number of carbonyl (C=O) groups is 2. The lowest BCUT2D eigenvalue weighted by molar-refractivity contribution is -0.129. The summed E-state index contributed by atoms with van der Waals surface area (Å²) in [6, 6.07) is 25.6. The number of hydrogen-bond acceptors (Lipinski definition) is 6. The number of nitriles is 1. The number of fused-ring (bicyclic) bond motifs is 1. The molecule has 9 heteroatoms. The lowest BCUT2D eigenvalue weighted by Gasteiger charge is -2.34. The highest BCUT2D eigenvalue weighted by Gasteiger charge is 2.75. The van der Waals surface area contributed by atoms with E-state index in [1.807, 2.05) is 54.6 Å². The Balaban J connectivity index is 1.40. The van der Waals surface area contributed by atoms with E-state index in [1.165, 1.54) is 0 Å². The second kappa shape index (κ2) is 9.28. The van der Waals surface area contributed by atoms with Crippen LogP contribution in [0.15, 0.2) is 78.9 Å². The van der Waals surface area contributed by atoms with E-state index < -0.39 is 5.41 Å². The highest BCUT2D eigenvalue weighted by molar-refractivity contribution is 6.09. The summed E-state index contributed by atoms with van der Waals surface area (Å²) < 4.78 is 6.95. The van der Waals surface area contributed by atoms with Gasteiger partial charge in [0.05, 0.1) is 41.6 Å². The fourth-order valence-corrected chi connectivity index (χ4v) is 7.63. The maximum absolute atomic E-state index is 14.8. The molecular weight excluding hydrogens is 528 g/mol. The third-order valence-electron chi connectivity index (χ3n) is 9.90. The number of amides is 2. The average molecular weight is 559 g/mol. The summed E-state index contributed by atoms with van der Waals surface area (Å²) in [5.41, 5.74) is 2.25. The van der Waals surface area contributed by atoms with Crippen molar-refractivity contribution in [2.75, 3.05) is 12.1 Å². The van der Waals surface area contributed by atoms with Crippen molar-refractivity contribution in [3.05, 3.63) is 90.1 Å². The Morgan fingerprint density at radius 2 is 1.71 bits per heavy atom. The molecule has 2 bridgehead atoms. The summed E-state index contributed by atoms with van der Waals surface area (Å²) in [5, 5.41) is 21.5. The molecule has 2 heterocycles. The van der Waals surface area contributed by atoms with Gasteiger partial charge in [0.25, 0.3) is 11.8 Å². The molecule has 0 radical (unpaired) electrons. The number of hydrazine groups is 1. The number of nitrogens with zero attached hydrogens (tertiary/aromatic N) is 6. The van der Waals surface area contributed by atoms with Crippen LogP contribution in [0.2, 0.25) is 0 Å². The maximum Gasteiger partial charge on any atom is 0.295 e. The molecule has 3 aliphatic rings. The number of aromatic nitrogens is 3. The molecule has 2 amide bonds. The molecule has 2 aliphatic carbocycles. The Bertz CT molecular complexity index is 1740. The molecule has 3 fully saturated rings. The van der Waals surface area contributed by atoms with Gasteiger partial charge in [-0.05, 0) is 79.1 Å². The molecular formula is C33H30N6O3. The predicted octanol–water partition coefficient (Wildman–Crippen LogP) is 5.41. The highest BCUT2D eigenvalue weighted by Crippen LogP contribution is 2.70. The number of ether oxygens (including phenoxy) is 1. The number of para-hydroxylation sites is 1. The number of rotatable bonds is 5. The molecule has 4 aromatic rings. The van der Waals surface area contributed by atoms with Crippen molar-refractivity contribution in [3.63, 3.8) is 0 Å². The lowest BCUT2D eigenvalue weighted by atomic mass is 9.67. The second-order valence-electron chi connectivity index (χ2n) is 11.9. The van der Waals surface area contributed by atoms with Gasteiger partial charge in [-0.25, -0.2) is 14.7 Å².